The van der Waals surface area contributed by atoms with E-state index in [1.807, 2.05) is 0 Å². The molecule has 1 aromatic carbocycles. The first-order valence-corrected chi connectivity index (χ1v) is 6.92. The SMILES string of the molecule is O=S(=O)(Nc1ccccc1F)c1cnn(CCO)c1. The van der Waals surface area contributed by atoms with Crippen molar-refractivity contribution < 1.29 is 17.9 Å². The van der Waals surface area contributed by atoms with Crippen molar-refractivity contribution in [1.82, 2.24) is 9.78 Å². The number of aliphatic hydroxyl groups is 1. The maximum atomic E-state index is 13.4. The van der Waals surface area contributed by atoms with Crippen LogP contribution < -0.4 is 4.72 Å². The van der Waals surface area contributed by atoms with E-state index >= 15 is 0 Å². The number of sulfonamides is 1. The summed E-state index contributed by atoms with van der Waals surface area (Å²) in [5.74, 6) is -0.658. The molecule has 102 valence electrons. The highest BCUT2D eigenvalue weighted by atomic mass is 32.2. The first-order valence-electron chi connectivity index (χ1n) is 5.43. The van der Waals surface area contributed by atoms with E-state index in [9.17, 15) is 12.8 Å². The van der Waals surface area contributed by atoms with E-state index in [1.54, 1.807) is 0 Å². The molecule has 8 heteroatoms. The fraction of sp³-hybridized carbons (Fsp3) is 0.182. The minimum atomic E-state index is -3.89. The van der Waals surface area contributed by atoms with Gasteiger partial charge in [0.05, 0.1) is 25.0 Å². The number of para-hydroxylation sites is 1. The van der Waals surface area contributed by atoms with Crippen LogP contribution in [0.1, 0.15) is 0 Å². The molecule has 0 atom stereocenters. The van der Waals surface area contributed by atoms with Crippen LogP contribution >= 0.6 is 0 Å². The van der Waals surface area contributed by atoms with Crippen LogP contribution in [0.25, 0.3) is 0 Å². The van der Waals surface area contributed by atoms with E-state index < -0.39 is 15.8 Å². The highest BCUT2D eigenvalue weighted by Gasteiger charge is 2.18. The second-order valence-electron chi connectivity index (χ2n) is 3.75. The molecule has 2 N–H and O–H groups in total. The zero-order valence-electron chi connectivity index (χ0n) is 9.82. The third kappa shape index (κ3) is 3.09. The Morgan fingerprint density at radius 3 is 2.79 bits per heavy atom. The molecule has 0 aliphatic rings. The quantitative estimate of drug-likeness (QED) is 0.851. The Hall–Kier alpha value is -1.93. The predicted octanol–water partition coefficient (Wildman–Crippen LogP) is 0.815. The van der Waals surface area contributed by atoms with Crippen molar-refractivity contribution in [2.75, 3.05) is 11.3 Å². The van der Waals surface area contributed by atoms with Gasteiger partial charge in [0, 0.05) is 6.20 Å². The highest BCUT2D eigenvalue weighted by molar-refractivity contribution is 7.92. The molecule has 0 saturated carbocycles. The Morgan fingerprint density at radius 2 is 2.11 bits per heavy atom. The molecule has 6 nitrogen and oxygen atoms in total. The molecular weight excluding hydrogens is 273 g/mol. The molecule has 0 radical (unpaired) electrons. The van der Waals surface area contributed by atoms with Crippen LogP contribution in [-0.4, -0.2) is 29.9 Å². The van der Waals surface area contributed by atoms with Gasteiger partial charge in [0.2, 0.25) is 0 Å². The molecule has 2 aromatic rings. The minimum Gasteiger partial charge on any atom is -0.394 e. The fourth-order valence-electron chi connectivity index (χ4n) is 1.46. The number of hydrogen-bond donors (Lipinski definition) is 2. The molecule has 0 amide bonds. The molecule has 0 saturated heterocycles. The summed E-state index contributed by atoms with van der Waals surface area (Å²) in [7, 11) is -3.89. The van der Waals surface area contributed by atoms with Crippen molar-refractivity contribution in [2.24, 2.45) is 0 Å². The minimum absolute atomic E-state index is 0.0933. The zero-order chi connectivity index (χ0) is 13.9. The van der Waals surface area contributed by atoms with E-state index in [0.29, 0.717) is 0 Å². The van der Waals surface area contributed by atoms with Gasteiger partial charge in [0.25, 0.3) is 10.0 Å². The van der Waals surface area contributed by atoms with Gasteiger partial charge in [0.1, 0.15) is 10.7 Å². The third-order valence-electron chi connectivity index (χ3n) is 2.37. The van der Waals surface area contributed by atoms with E-state index in [-0.39, 0.29) is 23.7 Å². The average molecular weight is 285 g/mol. The lowest BCUT2D eigenvalue weighted by molar-refractivity contribution is 0.269. The maximum absolute atomic E-state index is 13.4. The number of aromatic nitrogens is 2. The molecule has 0 bridgehead atoms. The number of anilines is 1. The normalized spacial score (nSPS) is 11.5. The predicted molar refractivity (Wildman–Crippen MR) is 66.5 cm³/mol. The Bertz CT molecular complexity index is 669. The zero-order valence-corrected chi connectivity index (χ0v) is 10.6. The fourth-order valence-corrected chi connectivity index (χ4v) is 2.48. The largest absolute Gasteiger partial charge is 0.394 e. The number of nitrogens with one attached hydrogen (secondary N) is 1. The molecule has 0 aliphatic heterocycles. The summed E-state index contributed by atoms with van der Waals surface area (Å²) < 4.78 is 40.8. The van der Waals surface area contributed by atoms with Gasteiger partial charge in [-0.2, -0.15) is 5.10 Å². The first kappa shape index (κ1) is 13.5. The summed E-state index contributed by atoms with van der Waals surface area (Å²) in [6, 6.07) is 5.47. The van der Waals surface area contributed by atoms with Gasteiger partial charge in [-0.1, -0.05) is 12.1 Å². The van der Waals surface area contributed by atoms with Crippen molar-refractivity contribution in [3.8, 4) is 0 Å². The highest BCUT2D eigenvalue weighted by Crippen LogP contribution is 2.18. The summed E-state index contributed by atoms with van der Waals surface area (Å²) >= 11 is 0. The standard InChI is InChI=1S/C11H12FN3O3S/c12-10-3-1-2-4-11(10)14-19(17,18)9-7-13-15(8-9)5-6-16/h1-4,7-8,14,16H,5-6H2. The van der Waals surface area contributed by atoms with Crippen molar-refractivity contribution in [2.45, 2.75) is 11.4 Å². The molecule has 0 fully saturated rings. The van der Waals surface area contributed by atoms with E-state index in [2.05, 4.69) is 9.82 Å². The number of benzene rings is 1. The Labute approximate surface area is 109 Å². The molecule has 0 unspecified atom stereocenters. The molecule has 1 heterocycles. The van der Waals surface area contributed by atoms with Crippen LogP contribution in [0.5, 0.6) is 0 Å². The third-order valence-corrected chi connectivity index (χ3v) is 3.69. The Morgan fingerprint density at radius 1 is 1.37 bits per heavy atom. The molecule has 19 heavy (non-hydrogen) atoms. The van der Waals surface area contributed by atoms with Crippen molar-refractivity contribution in [1.29, 1.82) is 0 Å². The second kappa shape index (κ2) is 5.37. The topological polar surface area (TPSA) is 84.2 Å². The van der Waals surface area contributed by atoms with Gasteiger partial charge < -0.3 is 5.11 Å². The molecule has 0 spiro atoms. The van der Waals surface area contributed by atoms with Crippen molar-refractivity contribution in [3.63, 3.8) is 0 Å². The van der Waals surface area contributed by atoms with E-state index in [1.165, 1.54) is 29.1 Å². The molecule has 2 rings (SSSR count). The van der Waals surface area contributed by atoms with Crippen LogP contribution in [0, 0.1) is 5.82 Å². The van der Waals surface area contributed by atoms with Gasteiger partial charge in [0.15, 0.2) is 0 Å². The van der Waals surface area contributed by atoms with Crippen molar-refractivity contribution >= 4 is 15.7 Å². The average Bonchev–Trinajstić information content (AvgIpc) is 2.82. The van der Waals surface area contributed by atoms with Crippen molar-refractivity contribution in [3.05, 3.63) is 42.5 Å². The van der Waals surface area contributed by atoms with Gasteiger partial charge >= 0.3 is 0 Å². The summed E-state index contributed by atoms with van der Waals surface area (Å²) in [5.41, 5.74) is -0.127. The number of halogens is 1. The number of hydrogen-bond acceptors (Lipinski definition) is 4. The first-order chi connectivity index (χ1) is 9.03. The van der Waals surface area contributed by atoms with Gasteiger partial charge in [-0.25, -0.2) is 12.8 Å². The number of rotatable bonds is 5. The van der Waals surface area contributed by atoms with E-state index in [4.69, 9.17) is 5.11 Å². The smallest absolute Gasteiger partial charge is 0.265 e. The molecular formula is C11H12FN3O3S. The summed E-state index contributed by atoms with van der Waals surface area (Å²) in [4.78, 5) is -0.0933. The van der Waals surface area contributed by atoms with Gasteiger partial charge in [-0.15, -0.1) is 0 Å². The van der Waals surface area contributed by atoms with Crippen LogP contribution in [-0.2, 0) is 16.6 Å². The van der Waals surface area contributed by atoms with Gasteiger partial charge in [-0.05, 0) is 12.1 Å². The summed E-state index contributed by atoms with van der Waals surface area (Å²) in [5, 5.41) is 12.5. The number of aliphatic hydroxyl groups excluding tert-OH is 1. The van der Waals surface area contributed by atoms with Crippen LogP contribution in [0.2, 0.25) is 0 Å². The maximum Gasteiger partial charge on any atom is 0.265 e. The lowest BCUT2D eigenvalue weighted by Crippen LogP contribution is -2.13. The number of nitrogens with zero attached hydrogens (tertiary/aromatic N) is 2. The second-order valence-corrected chi connectivity index (χ2v) is 5.43. The Kier molecular flexibility index (Phi) is 3.82. The Balaban J connectivity index is 2.25. The van der Waals surface area contributed by atoms with Crippen LogP contribution in [0.15, 0.2) is 41.6 Å². The van der Waals surface area contributed by atoms with Crippen LogP contribution in [0.3, 0.4) is 0 Å². The monoisotopic (exact) mass is 285 g/mol. The lowest BCUT2D eigenvalue weighted by atomic mass is 10.3. The van der Waals surface area contributed by atoms with Gasteiger partial charge in [-0.3, -0.25) is 9.40 Å². The van der Waals surface area contributed by atoms with E-state index in [0.717, 1.165) is 12.3 Å². The lowest BCUT2D eigenvalue weighted by Gasteiger charge is -2.06. The van der Waals surface area contributed by atoms with Crippen LogP contribution in [0.4, 0.5) is 10.1 Å². The molecule has 1 aromatic heterocycles. The summed E-state index contributed by atoms with van der Waals surface area (Å²) in [6.45, 7) is 0.0388. The summed E-state index contributed by atoms with van der Waals surface area (Å²) in [6.07, 6.45) is 2.40. The molecule has 0 aliphatic carbocycles.